The van der Waals surface area contributed by atoms with Crippen molar-refractivity contribution in [3.63, 3.8) is 0 Å². The molecule has 0 aromatic heterocycles. The molecule has 1 fully saturated rings. The highest BCUT2D eigenvalue weighted by Crippen LogP contribution is 2.50. The maximum absolute atomic E-state index is 14.3. The third-order valence-corrected chi connectivity index (χ3v) is 9.01. The van der Waals surface area contributed by atoms with Crippen LogP contribution in [-0.4, -0.2) is 45.7 Å². The standard InChI is InChI=1S/C34H42F3N3O4/c1-5-6-7-27(22-8-10-24(11-9-22)30(43)38-21-18-28(41)42)40-31(44)29(23-12-14-26(15-13-23)34(35,36)37)39-33(40)19-16-25(17-20-33)32(2,3)4/h8-15,25,27H,5-7,16-21H2,1-4H3,(H,38,43)(H,41,42)/t25?,27-,33?/m1/s1. The Balaban J connectivity index is 1.70. The van der Waals surface area contributed by atoms with Crippen LogP contribution in [0.2, 0.25) is 0 Å². The highest BCUT2D eigenvalue weighted by Gasteiger charge is 2.52. The average molecular weight is 614 g/mol. The van der Waals surface area contributed by atoms with Crippen LogP contribution in [0.3, 0.4) is 0 Å². The molecule has 1 aliphatic heterocycles. The predicted octanol–water partition coefficient (Wildman–Crippen LogP) is 7.41. The molecule has 2 N–H and O–H groups in total. The van der Waals surface area contributed by atoms with E-state index >= 15 is 0 Å². The fourth-order valence-corrected chi connectivity index (χ4v) is 6.43. The van der Waals surface area contributed by atoms with E-state index in [1.165, 1.54) is 12.1 Å². The highest BCUT2D eigenvalue weighted by molar-refractivity contribution is 6.46. The van der Waals surface area contributed by atoms with Gasteiger partial charge in [0.15, 0.2) is 0 Å². The molecule has 2 amide bonds. The zero-order valence-corrected chi connectivity index (χ0v) is 25.8. The van der Waals surface area contributed by atoms with Gasteiger partial charge < -0.3 is 15.3 Å². The number of aliphatic carboxylic acids is 1. The van der Waals surface area contributed by atoms with Crippen molar-refractivity contribution in [3.05, 3.63) is 70.8 Å². The van der Waals surface area contributed by atoms with Gasteiger partial charge in [-0.2, -0.15) is 13.2 Å². The number of benzene rings is 2. The van der Waals surface area contributed by atoms with Gasteiger partial charge in [0.2, 0.25) is 0 Å². The van der Waals surface area contributed by atoms with E-state index in [9.17, 15) is 27.6 Å². The van der Waals surface area contributed by atoms with Crippen LogP contribution < -0.4 is 5.32 Å². The molecule has 0 bridgehead atoms. The molecule has 0 saturated heterocycles. The van der Waals surface area contributed by atoms with Gasteiger partial charge in [0.1, 0.15) is 11.4 Å². The molecule has 1 saturated carbocycles. The Morgan fingerprint density at radius 2 is 1.66 bits per heavy atom. The van der Waals surface area contributed by atoms with Gasteiger partial charge in [-0.05, 0) is 73.3 Å². The van der Waals surface area contributed by atoms with E-state index in [4.69, 9.17) is 10.1 Å². The fourth-order valence-electron chi connectivity index (χ4n) is 6.43. The van der Waals surface area contributed by atoms with E-state index in [1.54, 1.807) is 12.1 Å². The number of unbranched alkanes of at least 4 members (excludes halogenated alkanes) is 1. The van der Waals surface area contributed by atoms with E-state index in [2.05, 4.69) is 33.0 Å². The third kappa shape index (κ3) is 7.33. The van der Waals surface area contributed by atoms with Crippen molar-refractivity contribution in [2.24, 2.45) is 16.3 Å². The summed E-state index contributed by atoms with van der Waals surface area (Å²) in [5, 5.41) is 11.4. The molecule has 7 nitrogen and oxygen atoms in total. The largest absolute Gasteiger partial charge is 0.481 e. The summed E-state index contributed by atoms with van der Waals surface area (Å²) >= 11 is 0. The Hall–Kier alpha value is -3.69. The topological polar surface area (TPSA) is 99.1 Å². The highest BCUT2D eigenvalue weighted by atomic mass is 19.4. The Morgan fingerprint density at radius 1 is 1.05 bits per heavy atom. The van der Waals surface area contributed by atoms with Gasteiger partial charge >= 0.3 is 12.1 Å². The molecule has 10 heteroatoms. The number of aliphatic imine (C=N–C) groups is 1. The number of nitrogens with one attached hydrogen (secondary N) is 1. The van der Waals surface area contributed by atoms with Crippen molar-refractivity contribution in [1.82, 2.24) is 10.2 Å². The number of nitrogens with zero attached hydrogens (tertiary/aromatic N) is 2. The van der Waals surface area contributed by atoms with Crippen molar-refractivity contribution in [2.45, 2.75) is 96.9 Å². The molecule has 1 aliphatic carbocycles. The lowest BCUT2D eigenvalue weighted by Gasteiger charge is -2.47. The minimum Gasteiger partial charge on any atom is -0.481 e. The number of alkyl halides is 3. The van der Waals surface area contributed by atoms with Gasteiger partial charge in [-0.25, -0.2) is 0 Å². The minimum absolute atomic E-state index is 0.0134. The normalized spacial score (nSPS) is 21.3. The average Bonchev–Trinajstić information content (AvgIpc) is 3.23. The van der Waals surface area contributed by atoms with Crippen molar-refractivity contribution in [2.75, 3.05) is 6.54 Å². The van der Waals surface area contributed by atoms with E-state index in [1.807, 2.05) is 17.0 Å². The summed E-state index contributed by atoms with van der Waals surface area (Å²) in [5.74, 6) is -1.23. The summed E-state index contributed by atoms with van der Waals surface area (Å²) in [4.78, 5) is 44.6. The lowest BCUT2D eigenvalue weighted by atomic mass is 9.69. The van der Waals surface area contributed by atoms with E-state index in [0.29, 0.717) is 36.3 Å². The molecular formula is C34H42F3N3O4. The molecule has 238 valence electrons. The molecule has 4 rings (SSSR count). The Labute approximate surface area is 256 Å². The molecule has 0 unspecified atom stereocenters. The Bertz CT molecular complexity index is 1370. The molecule has 2 aliphatic rings. The fraction of sp³-hybridized carbons (Fsp3) is 0.529. The molecule has 44 heavy (non-hydrogen) atoms. The van der Waals surface area contributed by atoms with Gasteiger partial charge in [0, 0.05) is 17.7 Å². The number of carbonyl (C=O) groups is 3. The first-order valence-corrected chi connectivity index (χ1v) is 15.4. The second-order valence-corrected chi connectivity index (χ2v) is 13.0. The smallest absolute Gasteiger partial charge is 0.416 e. The maximum atomic E-state index is 14.3. The van der Waals surface area contributed by atoms with Gasteiger partial charge in [-0.3, -0.25) is 19.4 Å². The van der Waals surface area contributed by atoms with Crippen LogP contribution in [0.15, 0.2) is 53.5 Å². The molecule has 2 aromatic rings. The number of rotatable bonds is 10. The molecular weight excluding hydrogens is 571 g/mol. The third-order valence-electron chi connectivity index (χ3n) is 9.01. The summed E-state index contributed by atoms with van der Waals surface area (Å²) in [7, 11) is 0. The first-order chi connectivity index (χ1) is 20.7. The number of carboxylic acid groups (broad SMARTS) is 1. The van der Waals surface area contributed by atoms with Crippen molar-refractivity contribution < 1.29 is 32.7 Å². The number of hydrogen-bond donors (Lipinski definition) is 2. The monoisotopic (exact) mass is 613 g/mol. The van der Waals surface area contributed by atoms with Gasteiger partial charge in [0.25, 0.3) is 11.8 Å². The Morgan fingerprint density at radius 3 is 2.18 bits per heavy atom. The quantitative estimate of drug-likeness (QED) is 0.292. The first kappa shape index (κ1) is 33.2. The molecule has 0 radical (unpaired) electrons. The van der Waals surface area contributed by atoms with Crippen LogP contribution in [0, 0.1) is 11.3 Å². The molecule has 1 heterocycles. The number of carboxylic acids is 1. The predicted molar refractivity (Wildman–Crippen MR) is 162 cm³/mol. The van der Waals surface area contributed by atoms with Crippen LogP contribution in [0.1, 0.15) is 112 Å². The zero-order chi connectivity index (χ0) is 32.3. The summed E-state index contributed by atoms with van der Waals surface area (Å²) in [6, 6.07) is 11.3. The number of amides is 2. The summed E-state index contributed by atoms with van der Waals surface area (Å²) in [6.45, 7) is 8.73. The van der Waals surface area contributed by atoms with E-state index < -0.39 is 23.4 Å². The minimum atomic E-state index is -4.48. The van der Waals surface area contributed by atoms with Crippen molar-refractivity contribution in [3.8, 4) is 0 Å². The number of hydrogen-bond acceptors (Lipinski definition) is 4. The van der Waals surface area contributed by atoms with Gasteiger partial charge in [-0.15, -0.1) is 0 Å². The zero-order valence-electron chi connectivity index (χ0n) is 25.8. The lowest BCUT2D eigenvalue weighted by molar-refractivity contribution is -0.138. The first-order valence-electron chi connectivity index (χ1n) is 15.4. The van der Waals surface area contributed by atoms with Gasteiger partial charge in [-0.1, -0.05) is 64.8 Å². The van der Waals surface area contributed by atoms with Crippen LogP contribution in [0.25, 0.3) is 0 Å². The van der Waals surface area contributed by atoms with Crippen LogP contribution in [-0.2, 0) is 15.8 Å². The second kappa shape index (κ2) is 13.1. The van der Waals surface area contributed by atoms with Gasteiger partial charge in [0.05, 0.1) is 18.0 Å². The number of halogens is 3. The number of carbonyl (C=O) groups excluding carboxylic acids is 2. The summed E-state index contributed by atoms with van der Waals surface area (Å²) in [5.41, 5.74) is 0.268. The SMILES string of the molecule is CCCC[C@H](c1ccc(C(=O)NCCC(=O)O)cc1)N1C(=O)C(c2ccc(C(F)(F)F)cc2)=NC12CCC(C(C)(C)C)CC2. The molecule has 1 spiro atoms. The second-order valence-electron chi connectivity index (χ2n) is 13.0. The Kier molecular flexibility index (Phi) is 9.90. The van der Waals surface area contributed by atoms with E-state index in [-0.39, 0.29) is 41.9 Å². The lowest BCUT2D eigenvalue weighted by Crippen LogP contribution is -2.51. The van der Waals surface area contributed by atoms with Crippen LogP contribution in [0.4, 0.5) is 13.2 Å². The molecule has 1 atom stereocenters. The van der Waals surface area contributed by atoms with Crippen LogP contribution in [0.5, 0.6) is 0 Å². The van der Waals surface area contributed by atoms with Crippen molar-refractivity contribution in [1.29, 1.82) is 0 Å². The van der Waals surface area contributed by atoms with Crippen LogP contribution >= 0.6 is 0 Å². The van der Waals surface area contributed by atoms with E-state index in [0.717, 1.165) is 43.4 Å². The maximum Gasteiger partial charge on any atom is 0.416 e. The molecule has 2 aromatic carbocycles. The summed E-state index contributed by atoms with van der Waals surface area (Å²) in [6.07, 6.45) is 0.765. The summed E-state index contributed by atoms with van der Waals surface area (Å²) < 4.78 is 39.9. The van der Waals surface area contributed by atoms with Crippen molar-refractivity contribution >= 4 is 23.5 Å².